The van der Waals surface area contributed by atoms with Crippen LogP contribution >= 0.6 is 0 Å². The largest absolute Gasteiger partial charge is 0.391 e. The molecule has 1 N–H and O–H groups in total. The minimum absolute atomic E-state index is 0.0490. The molecule has 0 aliphatic heterocycles. The van der Waals surface area contributed by atoms with Gasteiger partial charge in [0.2, 0.25) is 0 Å². The maximum Gasteiger partial charge on any atom is 0.314 e. The van der Waals surface area contributed by atoms with Crippen LogP contribution in [0.2, 0.25) is 0 Å². The van der Waals surface area contributed by atoms with Crippen molar-refractivity contribution in [3.63, 3.8) is 0 Å². The van der Waals surface area contributed by atoms with Gasteiger partial charge in [-0.05, 0) is 30.9 Å². The predicted molar refractivity (Wildman–Crippen MR) is 84.7 cm³/mol. The standard InChI is InChI=1S/C16H20N4O3/c21-15(12-4-2-1-3-5-12)11-19-10-14(20(22)23)16(18-19)13-6-8-17-9-7-13/h6-10,12,15,21H,1-5,11H2/t15-/m1/s1. The van der Waals surface area contributed by atoms with E-state index in [1.165, 1.54) is 17.3 Å². The lowest BCUT2D eigenvalue weighted by atomic mass is 9.85. The highest BCUT2D eigenvalue weighted by Gasteiger charge is 2.25. The SMILES string of the molecule is O=[N+]([O-])c1cn(C[C@@H](O)C2CCCCC2)nc1-c1ccncc1. The number of aromatic nitrogens is 3. The van der Waals surface area contributed by atoms with Crippen molar-refractivity contribution in [2.24, 2.45) is 5.92 Å². The highest BCUT2D eigenvalue weighted by atomic mass is 16.6. The third kappa shape index (κ3) is 3.56. The number of hydrogen-bond donors (Lipinski definition) is 1. The van der Waals surface area contributed by atoms with Crippen molar-refractivity contribution in [3.8, 4) is 11.3 Å². The van der Waals surface area contributed by atoms with Crippen LogP contribution in [0, 0.1) is 16.0 Å². The number of aliphatic hydroxyl groups is 1. The lowest BCUT2D eigenvalue weighted by Gasteiger charge is -2.26. The summed E-state index contributed by atoms with van der Waals surface area (Å²) >= 11 is 0. The molecule has 0 amide bonds. The fraction of sp³-hybridized carbons (Fsp3) is 0.500. The summed E-state index contributed by atoms with van der Waals surface area (Å²) in [4.78, 5) is 14.7. The zero-order valence-electron chi connectivity index (χ0n) is 12.8. The number of nitrogens with zero attached hydrogens (tertiary/aromatic N) is 4. The summed E-state index contributed by atoms with van der Waals surface area (Å²) in [6.45, 7) is 0.288. The number of pyridine rings is 1. The van der Waals surface area contributed by atoms with Crippen molar-refractivity contribution in [1.29, 1.82) is 0 Å². The van der Waals surface area contributed by atoms with Crippen LogP contribution in [0.3, 0.4) is 0 Å². The molecule has 1 atom stereocenters. The Labute approximate surface area is 134 Å². The topological polar surface area (TPSA) is 94.1 Å². The van der Waals surface area contributed by atoms with E-state index in [0.29, 0.717) is 11.3 Å². The fourth-order valence-electron chi connectivity index (χ4n) is 3.21. The summed E-state index contributed by atoms with van der Waals surface area (Å²) in [7, 11) is 0. The monoisotopic (exact) mass is 316 g/mol. The van der Waals surface area contributed by atoms with E-state index >= 15 is 0 Å². The normalized spacial score (nSPS) is 17.1. The van der Waals surface area contributed by atoms with Crippen LogP contribution in [0.1, 0.15) is 32.1 Å². The third-order valence-corrected chi connectivity index (χ3v) is 4.46. The van der Waals surface area contributed by atoms with Gasteiger partial charge in [0, 0.05) is 18.0 Å². The van der Waals surface area contributed by atoms with Crippen LogP contribution < -0.4 is 0 Å². The molecule has 0 bridgehead atoms. The van der Waals surface area contributed by atoms with Gasteiger partial charge in [-0.25, -0.2) is 0 Å². The summed E-state index contributed by atoms with van der Waals surface area (Å²) in [5, 5.41) is 26.0. The molecule has 0 radical (unpaired) electrons. The molecule has 2 aromatic heterocycles. The molecule has 2 aromatic rings. The maximum absolute atomic E-state index is 11.3. The lowest BCUT2D eigenvalue weighted by molar-refractivity contribution is -0.384. The molecule has 1 fully saturated rings. The Kier molecular flexibility index (Phi) is 4.66. The molecule has 7 heteroatoms. The van der Waals surface area contributed by atoms with E-state index in [2.05, 4.69) is 10.1 Å². The molecule has 23 heavy (non-hydrogen) atoms. The van der Waals surface area contributed by atoms with E-state index in [0.717, 1.165) is 25.7 Å². The van der Waals surface area contributed by atoms with Crippen molar-refractivity contribution in [2.45, 2.75) is 44.8 Å². The molecule has 0 spiro atoms. The van der Waals surface area contributed by atoms with Crippen LogP contribution in [0.4, 0.5) is 5.69 Å². The summed E-state index contributed by atoms with van der Waals surface area (Å²) in [6.07, 6.45) is 9.59. The Morgan fingerprint density at radius 1 is 1.30 bits per heavy atom. The number of aliphatic hydroxyl groups excluding tert-OH is 1. The molecule has 1 saturated carbocycles. The second-order valence-electron chi connectivity index (χ2n) is 6.04. The zero-order valence-corrected chi connectivity index (χ0v) is 12.8. The van der Waals surface area contributed by atoms with Crippen LogP contribution in [0.25, 0.3) is 11.3 Å². The maximum atomic E-state index is 11.3. The van der Waals surface area contributed by atoms with Crippen molar-refractivity contribution in [3.05, 3.63) is 40.8 Å². The molecule has 1 aliphatic carbocycles. The Bertz CT molecular complexity index is 665. The zero-order chi connectivity index (χ0) is 16.2. The first-order valence-corrected chi connectivity index (χ1v) is 7.95. The van der Waals surface area contributed by atoms with E-state index < -0.39 is 11.0 Å². The van der Waals surface area contributed by atoms with E-state index in [-0.39, 0.29) is 18.2 Å². The molecule has 1 aliphatic rings. The number of rotatable bonds is 5. The fourth-order valence-corrected chi connectivity index (χ4v) is 3.21. The minimum atomic E-state index is -0.514. The Hall–Kier alpha value is -2.28. The van der Waals surface area contributed by atoms with Crippen molar-refractivity contribution in [1.82, 2.24) is 14.8 Å². The highest BCUT2D eigenvalue weighted by molar-refractivity contribution is 5.68. The second kappa shape index (κ2) is 6.87. The first-order chi connectivity index (χ1) is 11.1. The summed E-state index contributed by atoms with van der Waals surface area (Å²) in [6, 6.07) is 3.38. The van der Waals surface area contributed by atoms with Crippen molar-refractivity contribution in [2.75, 3.05) is 0 Å². The van der Waals surface area contributed by atoms with Gasteiger partial charge in [-0.3, -0.25) is 19.8 Å². The van der Waals surface area contributed by atoms with Gasteiger partial charge in [0.15, 0.2) is 5.69 Å². The van der Waals surface area contributed by atoms with Crippen LogP contribution in [0.5, 0.6) is 0 Å². The van der Waals surface area contributed by atoms with Gasteiger partial charge < -0.3 is 5.11 Å². The van der Waals surface area contributed by atoms with Crippen molar-refractivity contribution >= 4 is 5.69 Å². The average molecular weight is 316 g/mol. The highest BCUT2D eigenvalue weighted by Crippen LogP contribution is 2.30. The molecular weight excluding hydrogens is 296 g/mol. The Morgan fingerprint density at radius 2 is 2.00 bits per heavy atom. The van der Waals surface area contributed by atoms with Crippen molar-refractivity contribution < 1.29 is 10.0 Å². The van der Waals surface area contributed by atoms with Gasteiger partial charge in [-0.15, -0.1) is 0 Å². The van der Waals surface area contributed by atoms with Crippen LogP contribution in [0.15, 0.2) is 30.7 Å². The van der Waals surface area contributed by atoms with Gasteiger partial charge in [-0.1, -0.05) is 19.3 Å². The first-order valence-electron chi connectivity index (χ1n) is 7.95. The lowest BCUT2D eigenvalue weighted by Crippen LogP contribution is -2.27. The van der Waals surface area contributed by atoms with Gasteiger partial charge in [0.05, 0.1) is 17.6 Å². The first kappa shape index (κ1) is 15.6. The number of hydrogen-bond acceptors (Lipinski definition) is 5. The molecule has 7 nitrogen and oxygen atoms in total. The smallest absolute Gasteiger partial charge is 0.314 e. The van der Waals surface area contributed by atoms with Gasteiger partial charge in [0.1, 0.15) is 6.20 Å². The summed E-state index contributed by atoms with van der Waals surface area (Å²) < 4.78 is 1.49. The third-order valence-electron chi connectivity index (χ3n) is 4.46. The van der Waals surface area contributed by atoms with E-state index in [1.807, 2.05) is 0 Å². The van der Waals surface area contributed by atoms with E-state index in [1.54, 1.807) is 24.5 Å². The Balaban J connectivity index is 1.82. The minimum Gasteiger partial charge on any atom is -0.391 e. The van der Waals surface area contributed by atoms with E-state index in [9.17, 15) is 15.2 Å². The molecule has 0 aromatic carbocycles. The van der Waals surface area contributed by atoms with Gasteiger partial charge in [0.25, 0.3) is 0 Å². The molecule has 3 rings (SSSR count). The molecular formula is C16H20N4O3. The summed E-state index contributed by atoms with van der Waals surface area (Å²) in [5.74, 6) is 0.261. The molecule has 0 unspecified atom stereocenters. The average Bonchev–Trinajstić information content (AvgIpc) is 3.00. The van der Waals surface area contributed by atoms with Crippen LogP contribution in [-0.4, -0.2) is 30.9 Å². The predicted octanol–water partition coefficient (Wildman–Crippen LogP) is 2.79. The van der Waals surface area contributed by atoms with Gasteiger partial charge in [-0.2, -0.15) is 5.10 Å². The quantitative estimate of drug-likeness (QED) is 0.676. The Morgan fingerprint density at radius 3 is 2.65 bits per heavy atom. The summed E-state index contributed by atoms with van der Waals surface area (Å²) in [5.41, 5.74) is 0.915. The molecule has 122 valence electrons. The molecule has 2 heterocycles. The second-order valence-corrected chi connectivity index (χ2v) is 6.04. The van der Waals surface area contributed by atoms with Crippen LogP contribution in [-0.2, 0) is 6.54 Å². The number of nitro groups is 1. The molecule has 0 saturated heterocycles. The van der Waals surface area contributed by atoms with E-state index in [4.69, 9.17) is 0 Å². The van der Waals surface area contributed by atoms with Gasteiger partial charge >= 0.3 is 5.69 Å².